The Bertz CT molecular complexity index is 808. The second-order valence-corrected chi connectivity index (χ2v) is 14.8. The fourth-order valence-electron chi connectivity index (χ4n) is 9.94. The van der Waals surface area contributed by atoms with Crippen molar-refractivity contribution in [2.45, 2.75) is 120 Å². The van der Waals surface area contributed by atoms with Gasteiger partial charge in [0.25, 0.3) is 0 Å². The van der Waals surface area contributed by atoms with Gasteiger partial charge in [-0.15, -0.1) is 0 Å². The molecule has 0 amide bonds. The molecule has 0 aliphatic heterocycles. The van der Waals surface area contributed by atoms with Gasteiger partial charge in [0.15, 0.2) is 0 Å². The third-order valence-corrected chi connectivity index (χ3v) is 12.2. The fraction of sp³-hybridized carbons (Fsp3) is 0.867. The van der Waals surface area contributed by atoms with Crippen LogP contribution >= 0.6 is 0 Å². The van der Waals surface area contributed by atoms with Crippen LogP contribution in [0.15, 0.2) is 23.3 Å². The molecule has 0 aromatic rings. The minimum Gasteiger partial charge on any atom is -0.0800 e. The number of hydrogen-bond donors (Lipinski definition) is 0. The second kappa shape index (κ2) is 6.08. The molecule has 3 fully saturated rings. The van der Waals surface area contributed by atoms with Crippen molar-refractivity contribution in [2.24, 2.45) is 44.3 Å². The Morgan fingerprint density at radius 3 is 2.20 bits per heavy atom. The summed E-state index contributed by atoms with van der Waals surface area (Å²) in [6, 6.07) is 0. The zero-order valence-corrected chi connectivity index (χ0v) is 21.4. The molecule has 5 rings (SSSR count). The van der Waals surface area contributed by atoms with Gasteiger partial charge in [0.05, 0.1) is 0 Å². The average molecular weight is 409 g/mol. The lowest BCUT2D eigenvalue weighted by molar-refractivity contribution is -0.150. The first-order valence-electron chi connectivity index (χ1n) is 13.2. The summed E-state index contributed by atoms with van der Waals surface area (Å²) in [6.45, 7) is 20.9. The van der Waals surface area contributed by atoms with Crippen LogP contribution in [0.5, 0.6) is 0 Å². The zero-order chi connectivity index (χ0) is 21.8. The molecule has 5 aliphatic rings. The molecule has 0 saturated heterocycles. The van der Waals surface area contributed by atoms with Gasteiger partial charge in [-0.3, -0.25) is 0 Å². The molecule has 0 aromatic carbocycles. The molecule has 0 aromatic heterocycles. The van der Waals surface area contributed by atoms with E-state index in [2.05, 4.69) is 67.5 Å². The van der Waals surface area contributed by atoms with Gasteiger partial charge in [0.2, 0.25) is 0 Å². The van der Waals surface area contributed by atoms with E-state index in [1.807, 2.05) is 5.57 Å². The Morgan fingerprint density at radius 2 is 1.47 bits per heavy atom. The molecule has 0 unspecified atom stereocenters. The SMILES string of the molecule is CC1(C)CC[C@]2(C)CC[C@]3(C)C(=C2C1)C=C[C@@H]1[C@@]2(C)CCCC(C)(C)[C@@H]2CC[C@]13C. The predicted molar refractivity (Wildman–Crippen MR) is 129 cm³/mol. The van der Waals surface area contributed by atoms with Crippen molar-refractivity contribution >= 4 is 0 Å². The van der Waals surface area contributed by atoms with Crippen LogP contribution in [-0.2, 0) is 0 Å². The summed E-state index contributed by atoms with van der Waals surface area (Å²) in [5, 5.41) is 0. The van der Waals surface area contributed by atoms with E-state index >= 15 is 0 Å². The van der Waals surface area contributed by atoms with Crippen molar-refractivity contribution < 1.29 is 0 Å². The maximum atomic E-state index is 2.75. The molecule has 0 heteroatoms. The van der Waals surface area contributed by atoms with Crippen LogP contribution in [0.3, 0.4) is 0 Å². The topological polar surface area (TPSA) is 0 Å². The highest BCUT2D eigenvalue weighted by Crippen LogP contribution is 2.74. The molecule has 0 bridgehead atoms. The molecule has 30 heavy (non-hydrogen) atoms. The number of hydrogen-bond acceptors (Lipinski definition) is 0. The van der Waals surface area contributed by atoms with E-state index in [0.717, 1.165) is 11.8 Å². The molecule has 0 nitrogen and oxygen atoms in total. The second-order valence-electron chi connectivity index (χ2n) is 14.8. The lowest BCUT2D eigenvalue weighted by Crippen LogP contribution is -2.61. The van der Waals surface area contributed by atoms with E-state index in [0.29, 0.717) is 32.5 Å². The number of rotatable bonds is 0. The molecule has 3 saturated carbocycles. The van der Waals surface area contributed by atoms with E-state index in [-0.39, 0.29) is 0 Å². The summed E-state index contributed by atoms with van der Waals surface area (Å²) in [6.07, 6.45) is 19.6. The van der Waals surface area contributed by atoms with Crippen LogP contribution in [0.4, 0.5) is 0 Å². The van der Waals surface area contributed by atoms with Gasteiger partial charge in [-0.2, -0.15) is 0 Å². The number of fused-ring (bicyclic) bond motifs is 6. The Morgan fingerprint density at radius 1 is 0.767 bits per heavy atom. The van der Waals surface area contributed by atoms with Crippen molar-refractivity contribution in [3.05, 3.63) is 23.3 Å². The van der Waals surface area contributed by atoms with Crippen LogP contribution in [0.1, 0.15) is 120 Å². The lowest BCUT2D eigenvalue weighted by Gasteiger charge is -2.69. The van der Waals surface area contributed by atoms with Crippen molar-refractivity contribution in [2.75, 3.05) is 0 Å². The maximum absolute atomic E-state index is 2.75. The molecule has 5 aliphatic carbocycles. The first-order chi connectivity index (χ1) is 13.8. The first kappa shape index (κ1) is 21.3. The van der Waals surface area contributed by atoms with E-state index in [1.165, 1.54) is 64.2 Å². The monoisotopic (exact) mass is 408 g/mol. The van der Waals surface area contributed by atoms with E-state index in [9.17, 15) is 0 Å². The normalized spacial score (nSPS) is 51.5. The van der Waals surface area contributed by atoms with Gasteiger partial charge < -0.3 is 0 Å². The predicted octanol–water partition coefficient (Wildman–Crippen LogP) is 9.12. The zero-order valence-electron chi connectivity index (χ0n) is 21.4. The van der Waals surface area contributed by atoms with Crippen molar-refractivity contribution in [1.29, 1.82) is 0 Å². The van der Waals surface area contributed by atoms with Crippen molar-refractivity contribution in [1.82, 2.24) is 0 Å². The molecule has 168 valence electrons. The largest absolute Gasteiger partial charge is 0.0800 e. The molecule has 0 heterocycles. The van der Waals surface area contributed by atoms with Gasteiger partial charge in [0.1, 0.15) is 0 Å². The number of allylic oxidation sites excluding steroid dienone is 4. The summed E-state index contributed by atoms with van der Waals surface area (Å²) in [7, 11) is 0. The summed E-state index contributed by atoms with van der Waals surface area (Å²) in [4.78, 5) is 0. The van der Waals surface area contributed by atoms with Crippen LogP contribution < -0.4 is 0 Å². The minimum atomic E-state index is 0.365. The molecule has 0 radical (unpaired) electrons. The highest BCUT2D eigenvalue weighted by atomic mass is 14.7. The summed E-state index contributed by atoms with van der Waals surface area (Å²) < 4.78 is 0. The van der Waals surface area contributed by atoms with Crippen LogP contribution in [0.25, 0.3) is 0 Å². The Kier molecular flexibility index (Phi) is 4.32. The third-order valence-electron chi connectivity index (χ3n) is 12.2. The smallest absolute Gasteiger partial charge is 0.00157 e. The summed E-state index contributed by atoms with van der Waals surface area (Å²) in [5.41, 5.74) is 6.38. The molecule has 6 atom stereocenters. The average Bonchev–Trinajstić information content (AvgIpc) is 2.63. The Labute approximate surface area is 187 Å². The van der Waals surface area contributed by atoms with E-state index in [1.54, 1.807) is 5.57 Å². The quantitative estimate of drug-likeness (QED) is 0.375. The summed E-state index contributed by atoms with van der Waals surface area (Å²) >= 11 is 0. The van der Waals surface area contributed by atoms with Crippen molar-refractivity contribution in [3.63, 3.8) is 0 Å². The van der Waals surface area contributed by atoms with Crippen LogP contribution in [-0.4, -0.2) is 0 Å². The van der Waals surface area contributed by atoms with Gasteiger partial charge >= 0.3 is 0 Å². The van der Waals surface area contributed by atoms with Gasteiger partial charge in [-0.1, -0.05) is 79.5 Å². The van der Waals surface area contributed by atoms with Gasteiger partial charge in [-0.25, -0.2) is 0 Å². The highest BCUT2D eigenvalue weighted by Gasteiger charge is 2.65. The van der Waals surface area contributed by atoms with Gasteiger partial charge in [0, 0.05) is 0 Å². The third kappa shape index (κ3) is 2.58. The molecular weight excluding hydrogens is 360 g/mol. The van der Waals surface area contributed by atoms with Crippen molar-refractivity contribution in [3.8, 4) is 0 Å². The van der Waals surface area contributed by atoms with Crippen LogP contribution in [0, 0.1) is 44.3 Å². The highest BCUT2D eigenvalue weighted by molar-refractivity contribution is 5.45. The molecular formula is C30H48. The fourth-order valence-corrected chi connectivity index (χ4v) is 9.94. The molecule has 0 N–H and O–H groups in total. The standard InChI is InChI=1S/C30H48/c1-25(2)16-17-27(5)18-19-29(7)21(22(27)20-25)10-11-24-28(6)14-9-13-26(3,4)23(28)12-15-30(24,29)8/h10-11,23-24H,9,12-20H2,1-8H3/t23-,24+,27+,28-,29+,30+/m0/s1. The maximum Gasteiger partial charge on any atom is -0.00157 e. The van der Waals surface area contributed by atoms with E-state index in [4.69, 9.17) is 0 Å². The Balaban J connectivity index is 1.66. The Hall–Kier alpha value is -0.520. The lowest BCUT2D eigenvalue weighted by atomic mass is 9.35. The first-order valence-corrected chi connectivity index (χ1v) is 13.2. The van der Waals surface area contributed by atoms with Crippen LogP contribution in [0.2, 0.25) is 0 Å². The minimum absolute atomic E-state index is 0.365. The van der Waals surface area contributed by atoms with E-state index < -0.39 is 0 Å². The summed E-state index contributed by atoms with van der Waals surface area (Å²) in [5.74, 6) is 1.64. The molecule has 0 spiro atoms. The van der Waals surface area contributed by atoms with Gasteiger partial charge in [-0.05, 0) is 108 Å².